The van der Waals surface area contributed by atoms with E-state index < -0.39 is 0 Å². The first-order chi connectivity index (χ1) is 8.72. The van der Waals surface area contributed by atoms with E-state index >= 15 is 0 Å². The third-order valence-electron chi connectivity index (χ3n) is 3.17. The van der Waals surface area contributed by atoms with Crippen LogP contribution in [0.15, 0.2) is 47.1 Å². The van der Waals surface area contributed by atoms with Crippen LogP contribution in [0.2, 0.25) is 0 Å². The standard InChI is InChI=1S/C14H13BrN2O/c15-11-7-13-14(18)16-12(9-17(13)8-11)6-10-4-2-1-3-5-10/h1-5,7-8,12H,6,9H2,(H,16,18). The van der Waals surface area contributed by atoms with E-state index in [-0.39, 0.29) is 11.9 Å². The molecule has 0 radical (unpaired) electrons. The maximum atomic E-state index is 11.9. The Morgan fingerprint density at radius 1 is 1.33 bits per heavy atom. The largest absolute Gasteiger partial charge is 0.346 e. The maximum absolute atomic E-state index is 11.9. The number of amides is 1. The molecule has 1 N–H and O–H groups in total. The Morgan fingerprint density at radius 2 is 2.11 bits per heavy atom. The van der Waals surface area contributed by atoms with Crippen LogP contribution < -0.4 is 5.32 Å². The van der Waals surface area contributed by atoms with E-state index in [4.69, 9.17) is 0 Å². The molecule has 4 heteroatoms. The van der Waals surface area contributed by atoms with Crippen molar-refractivity contribution in [2.24, 2.45) is 0 Å². The van der Waals surface area contributed by atoms with Gasteiger partial charge in [-0.15, -0.1) is 0 Å². The summed E-state index contributed by atoms with van der Waals surface area (Å²) in [6.07, 6.45) is 2.83. The van der Waals surface area contributed by atoms with E-state index in [9.17, 15) is 4.79 Å². The topological polar surface area (TPSA) is 34.0 Å². The number of aromatic nitrogens is 1. The fourth-order valence-electron chi connectivity index (χ4n) is 2.37. The van der Waals surface area contributed by atoms with Crippen LogP contribution in [0.25, 0.3) is 0 Å². The van der Waals surface area contributed by atoms with Gasteiger partial charge in [0.05, 0.1) is 6.04 Å². The second kappa shape index (κ2) is 4.61. The molecule has 0 saturated heterocycles. The van der Waals surface area contributed by atoms with Crippen LogP contribution in [-0.4, -0.2) is 16.5 Å². The number of nitrogens with zero attached hydrogens (tertiary/aromatic N) is 1. The molecule has 0 spiro atoms. The quantitative estimate of drug-likeness (QED) is 0.909. The molecule has 1 aromatic carbocycles. The number of hydrogen-bond acceptors (Lipinski definition) is 1. The average Bonchev–Trinajstić information content (AvgIpc) is 2.72. The highest BCUT2D eigenvalue weighted by atomic mass is 79.9. The number of nitrogens with one attached hydrogen (secondary N) is 1. The first kappa shape index (κ1) is 11.5. The number of benzene rings is 1. The van der Waals surface area contributed by atoms with Crippen molar-refractivity contribution in [1.82, 2.24) is 9.88 Å². The minimum Gasteiger partial charge on any atom is -0.346 e. The van der Waals surface area contributed by atoms with Gasteiger partial charge in [-0.25, -0.2) is 0 Å². The number of fused-ring (bicyclic) bond motifs is 1. The summed E-state index contributed by atoms with van der Waals surface area (Å²) in [4.78, 5) is 11.9. The zero-order valence-corrected chi connectivity index (χ0v) is 11.4. The monoisotopic (exact) mass is 304 g/mol. The molecule has 0 fully saturated rings. The number of carbonyl (C=O) groups excluding carboxylic acids is 1. The van der Waals surface area contributed by atoms with E-state index in [0.717, 1.165) is 23.1 Å². The van der Waals surface area contributed by atoms with Gasteiger partial charge in [-0.1, -0.05) is 30.3 Å². The first-order valence-electron chi connectivity index (χ1n) is 5.93. The Labute approximate surface area is 114 Å². The summed E-state index contributed by atoms with van der Waals surface area (Å²) in [6.45, 7) is 0.821. The summed E-state index contributed by atoms with van der Waals surface area (Å²) >= 11 is 3.41. The van der Waals surface area contributed by atoms with Crippen LogP contribution in [0.4, 0.5) is 0 Å². The lowest BCUT2D eigenvalue weighted by Gasteiger charge is -2.25. The summed E-state index contributed by atoms with van der Waals surface area (Å²) in [5.41, 5.74) is 1.98. The molecule has 0 bridgehead atoms. The van der Waals surface area contributed by atoms with E-state index in [0.29, 0.717) is 0 Å². The van der Waals surface area contributed by atoms with Gasteiger partial charge < -0.3 is 9.88 Å². The predicted octanol–water partition coefficient (Wildman–Crippen LogP) is 2.61. The maximum Gasteiger partial charge on any atom is 0.268 e. The van der Waals surface area contributed by atoms with Crippen molar-refractivity contribution in [3.8, 4) is 0 Å². The van der Waals surface area contributed by atoms with Gasteiger partial charge in [0.2, 0.25) is 0 Å². The molecule has 1 aliphatic heterocycles. The van der Waals surface area contributed by atoms with Crippen molar-refractivity contribution >= 4 is 21.8 Å². The van der Waals surface area contributed by atoms with Crippen molar-refractivity contribution in [1.29, 1.82) is 0 Å². The fourth-order valence-corrected chi connectivity index (χ4v) is 2.84. The van der Waals surface area contributed by atoms with Gasteiger partial charge in [-0.2, -0.15) is 0 Å². The molecule has 18 heavy (non-hydrogen) atoms. The molecule has 1 amide bonds. The minimum absolute atomic E-state index is 0.00730. The molecule has 2 aromatic rings. The van der Waals surface area contributed by atoms with Gasteiger partial charge in [0.1, 0.15) is 5.69 Å². The van der Waals surface area contributed by atoms with Crippen LogP contribution in [0.3, 0.4) is 0 Å². The normalized spacial score (nSPS) is 18.3. The van der Waals surface area contributed by atoms with Crippen molar-refractivity contribution in [3.63, 3.8) is 0 Å². The van der Waals surface area contributed by atoms with E-state index in [1.165, 1.54) is 5.56 Å². The van der Waals surface area contributed by atoms with Gasteiger partial charge in [-0.3, -0.25) is 4.79 Å². The summed E-state index contributed by atoms with van der Waals surface area (Å²) in [7, 11) is 0. The summed E-state index contributed by atoms with van der Waals surface area (Å²) in [6, 6.07) is 12.3. The molecule has 1 unspecified atom stereocenters. The van der Waals surface area contributed by atoms with Gasteiger partial charge in [0, 0.05) is 17.2 Å². The summed E-state index contributed by atoms with van der Waals surface area (Å²) in [5.74, 6) is 0.00730. The Balaban J connectivity index is 1.80. The van der Waals surface area contributed by atoms with Crippen LogP contribution in [0.1, 0.15) is 16.1 Å². The second-order valence-electron chi connectivity index (χ2n) is 4.56. The number of carbonyl (C=O) groups is 1. The van der Waals surface area contributed by atoms with Crippen molar-refractivity contribution in [2.75, 3.05) is 0 Å². The van der Waals surface area contributed by atoms with Crippen LogP contribution in [-0.2, 0) is 13.0 Å². The molecule has 92 valence electrons. The predicted molar refractivity (Wildman–Crippen MR) is 73.5 cm³/mol. The van der Waals surface area contributed by atoms with Gasteiger partial charge in [0.15, 0.2) is 0 Å². The molecule has 0 aliphatic carbocycles. The number of hydrogen-bond donors (Lipinski definition) is 1. The van der Waals surface area contributed by atoms with E-state index in [1.54, 1.807) is 0 Å². The molecule has 3 rings (SSSR count). The average molecular weight is 305 g/mol. The second-order valence-corrected chi connectivity index (χ2v) is 5.47. The third-order valence-corrected chi connectivity index (χ3v) is 3.61. The molecule has 2 heterocycles. The molecular formula is C14H13BrN2O. The van der Waals surface area contributed by atoms with Gasteiger partial charge in [-0.05, 0) is 34.0 Å². The van der Waals surface area contributed by atoms with Crippen molar-refractivity contribution < 1.29 is 4.79 Å². The van der Waals surface area contributed by atoms with Gasteiger partial charge >= 0.3 is 0 Å². The van der Waals surface area contributed by atoms with Gasteiger partial charge in [0.25, 0.3) is 5.91 Å². The highest BCUT2D eigenvalue weighted by Crippen LogP contribution is 2.19. The molecule has 1 aliphatic rings. The van der Waals surface area contributed by atoms with Crippen molar-refractivity contribution in [2.45, 2.75) is 19.0 Å². The zero-order valence-electron chi connectivity index (χ0n) is 9.77. The molecular weight excluding hydrogens is 292 g/mol. The molecule has 1 aromatic heterocycles. The Morgan fingerprint density at radius 3 is 2.89 bits per heavy atom. The fraction of sp³-hybridized carbons (Fsp3) is 0.214. The lowest BCUT2D eigenvalue weighted by molar-refractivity contribution is 0.0901. The van der Waals surface area contributed by atoms with E-state index in [2.05, 4.69) is 33.4 Å². The number of halogens is 1. The van der Waals surface area contributed by atoms with Crippen LogP contribution in [0.5, 0.6) is 0 Å². The smallest absolute Gasteiger partial charge is 0.268 e. The highest BCUT2D eigenvalue weighted by molar-refractivity contribution is 9.10. The Kier molecular flexibility index (Phi) is 2.96. The summed E-state index contributed by atoms with van der Waals surface area (Å²) < 4.78 is 2.96. The van der Waals surface area contributed by atoms with E-state index in [1.807, 2.05) is 35.0 Å². The molecule has 0 saturated carbocycles. The molecule has 3 nitrogen and oxygen atoms in total. The van der Waals surface area contributed by atoms with Crippen LogP contribution >= 0.6 is 15.9 Å². The molecule has 1 atom stereocenters. The van der Waals surface area contributed by atoms with Crippen LogP contribution in [0, 0.1) is 0 Å². The highest BCUT2D eigenvalue weighted by Gasteiger charge is 2.24. The lowest BCUT2D eigenvalue weighted by Crippen LogP contribution is -2.45. The Bertz CT molecular complexity index is 577. The third kappa shape index (κ3) is 2.20. The number of rotatable bonds is 2. The first-order valence-corrected chi connectivity index (χ1v) is 6.72. The SMILES string of the molecule is O=C1NC(Cc2ccccc2)Cn2cc(Br)cc21. The minimum atomic E-state index is 0.00730. The van der Waals surface area contributed by atoms with Crippen molar-refractivity contribution in [3.05, 3.63) is 58.3 Å². The Hall–Kier alpha value is -1.55. The lowest BCUT2D eigenvalue weighted by atomic mass is 10.0. The zero-order chi connectivity index (χ0) is 12.5. The summed E-state index contributed by atoms with van der Waals surface area (Å²) in [5, 5.41) is 3.05.